The van der Waals surface area contributed by atoms with Crippen LogP contribution in [0, 0.1) is 5.92 Å². The third-order valence-corrected chi connectivity index (χ3v) is 4.46. The maximum atomic E-state index is 11.9. The quantitative estimate of drug-likeness (QED) is 0.598. The summed E-state index contributed by atoms with van der Waals surface area (Å²) < 4.78 is 4.91. The van der Waals surface area contributed by atoms with Gasteiger partial charge in [-0.15, -0.1) is 0 Å². The number of amides is 2. The van der Waals surface area contributed by atoms with Crippen LogP contribution in [0.1, 0.15) is 38.2 Å². The molecular weight excluding hydrogens is 348 g/mol. The number of benzene rings is 1. The Morgan fingerprint density at radius 3 is 2.67 bits per heavy atom. The molecule has 2 N–H and O–H groups in total. The number of carbonyl (C=O) groups is 4. The van der Waals surface area contributed by atoms with Crippen LogP contribution in [0.2, 0.25) is 0 Å². The summed E-state index contributed by atoms with van der Waals surface area (Å²) in [5, 5.41) is 5.25. The number of ketones is 1. The molecule has 0 aliphatic carbocycles. The Balaban J connectivity index is 1.62. The van der Waals surface area contributed by atoms with Crippen LogP contribution in [0.15, 0.2) is 30.3 Å². The van der Waals surface area contributed by atoms with Crippen molar-refractivity contribution in [3.05, 3.63) is 35.9 Å². The van der Waals surface area contributed by atoms with E-state index in [2.05, 4.69) is 10.6 Å². The highest BCUT2D eigenvalue weighted by molar-refractivity contribution is 5.90. The maximum Gasteiger partial charge on any atom is 0.328 e. The number of nitrogens with one attached hydrogen (secondary N) is 2. The standard InChI is InChI=1S/C20H26N2O5/c1-2-27-20(26)17-12-15(19(25)22-17)9-6-10-18(24)21-13-16(23)11-14-7-4-3-5-8-14/h3-5,7-8,15,17H,2,6,9-13H2,1H3,(H,21,24)(H,22,25)/t15?,17-/m0/s1. The molecule has 1 unspecified atom stereocenters. The van der Waals surface area contributed by atoms with Crippen LogP contribution in [0.25, 0.3) is 0 Å². The molecule has 1 fully saturated rings. The minimum atomic E-state index is -0.591. The highest BCUT2D eigenvalue weighted by atomic mass is 16.5. The molecule has 0 saturated carbocycles. The molecule has 2 atom stereocenters. The topological polar surface area (TPSA) is 102 Å². The molecule has 0 radical (unpaired) electrons. The van der Waals surface area contributed by atoms with Crippen LogP contribution in [-0.2, 0) is 30.3 Å². The Hall–Kier alpha value is -2.70. The van der Waals surface area contributed by atoms with Gasteiger partial charge >= 0.3 is 5.97 Å². The molecule has 1 saturated heterocycles. The van der Waals surface area contributed by atoms with E-state index in [0.29, 0.717) is 25.7 Å². The summed E-state index contributed by atoms with van der Waals surface area (Å²) in [6, 6.07) is 8.77. The predicted octanol–water partition coefficient (Wildman–Crippen LogP) is 1.15. The van der Waals surface area contributed by atoms with E-state index in [9.17, 15) is 19.2 Å². The van der Waals surface area contributed by atoms with E-state index in [4.69, 9.17) is 4.74 Å². The summed E-state index contributed by atoms with van der Waals surface area (Å²) >= 11 is 0. The number of hydrogen-bond donors (Lipinski definition) is 2. The molecule has 0 spiro atoms. The van der Waals surface area contributed by atoms with Crippen molar-refractivity contribution in [1.82, 2.24) is 10.6 Å². The summed E-state index contributed by atoms with van der Waals surface area (Å²) in [6.07, 6.45) is 1.97. The zero-order valence-corrected chi connectivity index (χ0v) is 15.5. The van der Waals surface area contributed by atoms with Gasteiger partial charge in [0.15, 0.2) is 5.78 Å². The number of esters is 1. The van der Waals surface area contributed by atoms with Crippen LogP contribution < -0.4 is 10.6 Å². The molecular formula is C20H26N2O5. The number of rotatable bonds is 10. The first-order valence-electron chi connectivity index (χ1n) is 9.29. The zero-order chi connectivity index (χ0) is 19.6. The molecule has 27 heavy (non-hydrogen) atoms. The van der Waals surface area contributed by atoms with Gasteiger partial charge in [0.25, 0.3) is 0 Å². The predicted molar refractivity (Wildman–Crippen MR) is 98.7 cm³/mol. The average Bonchev–Trinajstić information content (AvgIpc) is 3.02. The van der Waals surface area contributed by atoms with Crippen LogP contribution in [0.5, 0.6) is 0 Å². The second kappa shape index (κ2) is 10.4. The monoisotopic (exact) mass is 374 g/mol. The lowest BCUT2D eigenvalue weighted by Gasteiger charge is -2.08. The third-order valence-electron chi connectivity index (χ3n) is 4.46. The highest BCUT2D eigenvalue weighted by Crippen LogP contribution is 2.22. The summed E-state index contributed by atoms with van der Waals surface area (Å²) in [6.45, 7) is 2.00. The molecule has 146 valence electrons. The van der Waals surface area contributed by atoms with Gasteiger partial charge in [0.05, 0.1) is 13.2 Å². The van der Waals surface area contributed by atoms with E-state index in [1.165, 1.54) is 0 Å². The van der Waals surface area contributed by atoms with E-state index in [1.54, 1.807) is 6.92 Å². The number of Topliss-reactive ketones (excluding diaryl/α,β-unsaturated/α-hetero) is 1. The maximum absolute atomic E-state index is 11.9. The van der Waals surface area contributed by atoms with E-state index in [1.807, 2.05) is 30.3 Å². The van der Waals surface area contributed by atoms with Crippen molar-refractivity contribution >= 4 is 23.6 Å². The Bertz CT molecular complexity index is 674. The van der Waals surface area contributed by atoms with Gasteiger partial charge in [-0.25, -0.2) is 4.79 Å². The molecule has 0 bridgehead atoms. The second-order valence-corrected chi connectivity index (χ2v) is 6.62. The van der Waals surface area contributed by atoms with Gasteiger partial charge in [0.2, 0.25) is 11.8 Å². The zero-order valence-electron chi connectivity index (χ0n) is 15.5. The number of carbonyl (C=O) groups excluding carboxylic acids is 4. The molecule has 2 rings (SSSR count). The highest BCUT2D eigenvalue weighted by Gasteiger charge is 2.36. The van der Waals surface area contributed by atoms with Gasteiger partial charge in [-0.2, -0.15) is 0 Å². The largest absolute Gasteiger partial charge is 0.464 e. The van der Waals surface area contributed by atoms with Crippen molar-refractivity contribution in [2.24, 2.45) is 5.92 Å². The first-order chi connectivity index (χ1) is 13.0. The molecule has 2 amide bonds. The minimum absolute atomic E-state index is 0.00255. The fraction of sp³-hybridized carbons (Fsp3) is 0.500. The van der Waals surface area contributed by atoms with E-state index < -0.39 is 12.0 Å². The summed E-state index contributed by atoms with van der Waals surface area (Å²) in [4.78, 5) is 47.3. The van der Waals surface area contributed by atoms with Gasteiger partial charge in [-0.3, -0.25) is 14.4 Å². The summed E-state index contributed by atoms with van der Waals surface area (Å²) in [5.41, 5.74) is 0.917. The second-order valence-electron chi connectivity index (χ2n) is 6.62. The van der Waals surface area contributed by atoms with Crippen LogP contribution in [0.4, 0.5) is 0 Å². The first-order valence-corrected chi connectivity index (χ1v) is 9.29. The lowest BCUT2D eigenvalue weighted by Crippen LogP contribution is -2.34. The van der Waals surface area contributed by atoms with Crippen LogP contribution >= 0.6 is 0 Å². The van der Waals surface area contributed by atoms with Crippen molar-refractivity contribution in [1.29, 1.82) is 0 Å². The average molecular weight is 374 g/mol. The Kier molecular flexibility index (Phi) is 7.98. The molecule has 7 nitrogen and oxygen atoms in total. The fourth-order valence-corrected chi connectivity index (χ4v) is 3.07. The lowest BCUT2D eigenvalue weighted by molar-refractivity contribution is -0.145. The van der Waals surface area contributed by atoms with Crippen LogP contribution in [-0.4, -0.2) is 42.8 Å². The van der Waals surface area contributed by atoms with Crippen molar-refractivity contribution in [3.8, 4) is 0 Å². The fourth-order valence-electron chi connectivity index (χ4n) is 3.07. The van der Waals surface area contributed by atoms with Gasteiger partial charge in [0, 0.05) is 18.8 Å². The smallest absolute Gasteiger partial charge is 0.328 e. The normalized spacial score (nSPS) is 18.6. The van der Waals surface area contributed by atoms with Crippen LogP contribution in [0.3, 0.4) is 0 Å². The molecule has 1 heterocycles. The lowest BCUT2D eigenvalue weighted by atomic mass is 9.98. The summed E-state index contributed by atoms with van der Waals surface area (Å²) in [5.74, 6) is -1.14. The molecule has 1 aromatic rings. The molecule has 0 aromatic heterocycles. The van der Waals surface area contributed by atoms with E-state index in [0.717, 1.165) is 5.56 Å². The Morgan fingerprint density at radius 1 is 1.22 bits per heavy atom. The minimum Gasteiger partial charge on any atom is -0.464 e. The SMILES string of the molecule is CCOC(=O)[C@@H]1CC(CCCC(=O)NCC(=O)Cc2ccccc2)C(=O)N1. The number of hydrogen-bond acceptors (Lipinski definition) is 5. The number of ether oxygens (including phenoxy) is 1. The molecule has 7 heteroatoms. The van der Waals surface area contributed by atoms with Crippen molar-refractivity contribution in [2.45, 2.75) is 45.1 Å². The van der Waals surface area contributed by atoms with Gasteiger partial charge < -0.3 is 15.4 Å². The van der Waals surface area contributed by atoms with Gasteiger partial charge in [-0.05, 0) is 31.7 Å². The first kappa shape index (κ1) is 20.6. The van der Waals surface area contributed by atoms with Crippen molar-refractivity contribution in [3.63, 3.8) is 0 Å². The Morgan fingerprint density at radius 2 is 1.96 bits per heavy atom. The van der Waals surface area contributed by atoms with Gasteiger partial charge in [0.1, 0.15) is 6.04 Å². The Labute approximate surface area is 158 Å². The molecule has 1 aliphatic heterocycles. The van der Waals surface area contributed by atoms with Gasteiger partial charge in [-0.1, -0.05) is 30.3 Å². The van der Waals surface area contributed by atoms with Crippen molar-refractivity contribution in [2.75, 3.05) is 13.2 Å². The van der Waals surface area contributed by atoms with Crippen molar-refractivity contribution < 1.29 is 23.9 Å². The molecule has 1 aromatic carbocycles. The van der Waals surface area contributed by atoms with E-state index in [-0.39, 0.29) is 43.1 Å². The molecule has 1 aliphatic rings. The van der Waals surface area contributed by atoms with E-state index >= 15 is 0 Å². The third kappa shape index (κ3) is 6.84. The summed E-state index contributed by atoms with van der Waals surface area (Å²) in [7, 11) is 0.